The Balaban J connectivity index is 2.01. The lowest BCUT2D eigenvalue weighted by Crippen LogP contribution is -2.25. The van der Waals surface area contributed by atoms with Crippen LogP contribution in [0.25, 0.3) is 5.65 Å². The fourth-order valence-electron chi connectivity index (χ4n) is 3.10. The second kappa shape index (κ2) is 6.48. The van der Waals surface area contributed by atoms with Crippen molar-refractivity contribution in [1.29, 1.82) is 0 Å². The van der Waals surface area contributed by atoms with Gasteiger partial charge in [0.25, 0.3) is 5.56 Å². The molecule has 124 valence electrons. The normalized spacial score (nSPS) is 11.0. The highest BCUT2D eigenvalue weighted by molar-refractivity contribution is 5.52. The molecule has 2 aromatic heterocycles. The van der Waals surface area contributed by atoms with Gasteiger partial charge in [-0.05, 0) is 62.6 Å². The number of aryl methyl sites for hydroxylation is 3. The minimum atomic E-state index is -0.0322. The summed E-state index contributed by atoms with van der Waals surface area (Å²) in [6.45, 7) is 9.80. The number of rotatable bonds is 4. The third kappa shape index (κ3) is 3.18. The molecule has 0 N–H and O–H groups in total. The topological polar surface area (TPSA) is 37.6 Å². The fraction of sp³-hybridized carbons (Fsp3) is 0.300. The quantitative estimate of drug-likeness (QED) is 0.736. The Labute approximate surface area is 142 Å². The summed E-state index contributed by atoms with van der Waals surface area (Å²) in [7, 11) is 0. The number of hydrogen-bond acceptors (Lipinski definition) is 3. The number of benzene rings is 1. The Bertz CT molecular complexity index is 923. The zero-order valence-electron chi connectivity index (χ0n) is 14.7. The molecule has 0 saturated carbocycles. The predicted molar refractivity (Wildman–Crippen MR) is 98.8 cm³/mol. The molecule has 4 heteroatoms. The Morgan fingerprint density at radius 2 is 1.79 bits per heavy atom. The summed E-state index contributed by atoms with van der Waals surface area (Å²) < 4.78 is 1.60. The second-order valence-corrected chi connectivity index (χ2v) is 6.33. The molecule has 0 aliphatic heterocycles. The van der Waals surface area contributed by atoms with Gasteiger partial charge >= 0.3 is 0 Å². The first kappa shape index (κ1) is 16.2. The Hall–Kier alpha value is -2.62. The molecule has 0 radical (unpaired) electrons. The summed E-state index contributed by atoms with van der Waals surface area (Å²) in [6, 6.07) is 12.0. The van der Waals surface area contributed by atoms with E-state index in [1.165, 1.54) is 16.8 Å². The first-order chi connectivity index (χ1) is 11.5. The van der Waals surface area contributed by atoms with Gasteiger partial charge in [-0.25, -0.2) is 4.98 Å². The number of pyridine rings is 1. The van der Waals surface area contributed by atoms with Crippen molar-refractivity contribution in [3.63, 3.8) is 0 Å². The Morgan fingerprint density at radius 1 is 1.08 bits per heavy atom. The van der Waals surface area contributed by atoms with Crippen molar-refractivity contribution in [3.8, 4) is 0 Å². The van der Waals surface area contributed by atoms with Crippen LogP contribution in [-0.4, -0.2) is 15.9 Å². The summed E-state index contributed by atoms with van der Waals surface area (Å²) in [6.07, 6.45) is 1.77. The van der Waals surface area contributed by atoms with E-state index in [1.54, 1.807) is 16.7 Å². The highest BCUT2D eigenvalue weighted by Crippen LogP contribution is 2.20. The molecule has 2 heterocycles. The van der Waals surface area contributed by atoms with Gasteiger partial charge < -0.3 is 4.90 Å². The van der Waals surface area contributed by atoms with Gasteiger partial charge in [0, 0.05) is 24.5 Å². The maximum atomic E-state index is 12.4. The molecule has 3 aromatic rings. The summed E-state index contributed by atoms with van der Waals surface area (Å²) in [5.41, 5.74) is 6.16. The van der Waals surface area contributed by atoms with E-state index in [0.29, 0.717) is 6.54 Å². The average Bonchev–Trinajstić information content (AvgIpc) is 2.52. The largest absolute Gasteiger partial charge is 0.366 e. The minimum Gasteiger partial charge on any atom is -0.366 e. The van der Waals surface area contributed by atoms with E-state index >= 15 is 0 Å². The lowest BCUT2D eigenvalue weighted by atomic mass is 10.1. The van der Waals surface area contributed by atoms with Gasteiger partial charge in [0.15, 0.2) is 0 Å². The first-order valence-electron chi connectivity index (χ1n) is 8.29. The molecule has 0 spiro atoms. The SMILES string of the molecule is CCN(Cc1cc(=O)n2cccc(C)c2n1)c1cc(C)cc(C)c1. The van der Waals surface area contributed by atoms with Crippen molar-refractivity contribution in [2.24, 2.45) is 0 Å². The predicted octanol–water partition coefficient (Wildman–Crippen LogP) is 3.65. The zero-order chi connectivity index (χ0) is 17.3. The van der Waals surface area contributed by atoms with Crippen LogP contribution >= 0.6 is 0 Å². The van der Waals surface area contributed by atoms with Gasteiger partial charge in [-0.2, -0.15) is 0 Å². The molecule has 0 aliphatic rings. The van der Waals surface area contributed by atoms with Crippen LogP contribution in [0, 0.1) is 20.8 Å². The van der Waals surface area contributed by atoms with Crippen molar-refractivity contribution in [3.05, 3.63) is 75.3 Å². The molecule has 0 bridgehead atoms. The molecular formula is C20H23N3O. The standard InChI is InChI=1S/C20H23N3O/c1-5-22(18-10-14(2)9-15(3)11-18)13-17-12-19(24)23-8-6-7-16(4)20(23)21-17/h6-12H,5,13H2,1-4H3. The number of anilines is 1. The van der Waals surface area contributed by atoms with E-state index in [2.05, 4.69) is 43.9 Å². The minimum absolute atomic E-state index is 0.0322. The van der Waals surface area contributed by atoms with Crippen molar-refractivity contribution in [2.75, 3.05) is 11.4 Å². The van der Waals surface area contributed by atoms with Crippen LogP contribution < -0.4 is 10.5 Å². The molecule has 0 fully saturated rings. The maximum absolute atomic E-state index is 12.4. The molecule has 0 saturated heterocycles. The van der Waals surface area contributed by atoms with Crippen LogP contribution in [0.1, 0.15) is 29.3 Å². The Kier molecular flexibility index (Phi) is 4.38. The number of nitrogens with zero attached hydrogens (tertiary/aromatic N) is 3. The van der Waals surface area contributed by atoms with Gasteiger partial charge in [0.1, 0.15) is 5.65 Å². The number of hydrogen-bond donors (Lipinski definition) is 0. The molecular weight excluding hydrogens is 298 g/mol. The summed E-state index contributed by atoms with van der Waals surface area (Å²) in [5, 5.41) is 0. The van der Waals surface area contributed by atoms with E-state index < -0.39 is 0 Å². The lowest BCUT2D eigenvalue weighted by molar-refractivity contribution is 0.802. The second-order valence-electron chi connectivity index (χ2n) is 6.33. The van der Waals surface area contributed by atoms with E-state index in [-0.39, 0.29) is 5.56 Å². The average molecular weight is 321 g/mol. The van der Waals surface area contributed by atoms with Crippen molar-refractivity contribution in [2.45, 2.75) is 34.2 Å². The molecule has 0 unspecified atom stereocenters. The molecule has 1 aromatic carbocycles. The fourth-order valence-corrected chi connectivity index (χ4v) is 3.10. The van der Waals surface area contributed by atoms with Gasteiger partial charge in [-0.1, -0.05) is 12.1 Å². The van der Waals surface area contributed by atoms with Crippen LogP contribution in [-0.2, 0) is 6.54 Å². The highest BCUT2D eigenvalue weighted by Gasteiger charge is 2.10. The zero-order valence-corrected chi connectivity index (χ0v) is 14.7. The highest BCUT2D eigenvalue weighted by atomic mass is 16.1. The van der Waals surface area contributed by atoms with Crippen LogP contribution in [0.3, 0.4) is 0 Å². The van der Waals surface area contributed by atoms with E-state index in [4.69, 9.17) is 4.98 Å². The van der Waals surface area contributed by atoms with E-state index in [9.17, 15) is 4.79 Å². The van der Waals surface area contributed by atoms with Crippen molar-refractivity contribution < 1.29 is 0 Å². The lowest BCUT2D eigenvalue weighted by Gasteiger charge is -2.24. The third-order valence-corrected chi connectivity index (χ3v) is 4.25. The summed E-state index contributed by atoms with van der Waals surface area (Å²) in [5.74, 6) is 0. The van der Waals surface area contributed by atoms with Crippen LogP contribution in [0.5, 0.6) is 0 Å². The van der Waals surface area contributed by atoms with E-state index in [1.807, 2.05) is 19.1 Å². The van der Waals surface area contributed by atoms with Gasteiger partial charge in [0.2, 0.25) is 0 Å². The van der Waals surface area contributed by atoms with Crippen LogP contribution in [0.4, 0.5) is 5.69 Å². The van der Waals surface area contributed by atoms with Gasteiger partial charge in [-0.15, -0.1) is 0 Å². The molecule has 3 rings (SSSR count). The Morgan fingerprint density at radius 3 is 2.46 bits per heavy atom. The molecule has 4 nitrogen and oxygen atoms in total. The van der Waals surface area contributed by atoms with Crippen LogP contribution in [0.15, 0.2) is 47.4 Å². The molecule has 0 aliphatic carbocycles. The maximum Gasteiger partial charge on any atom is 0.258 e. The van der Waals surface area contributed by atoms with E-state index in [0.717, 1.165) is 23.4 Å². The smallest absolute Gasteiger partial charge is 0.258 e. The summed E-state index contributed by atoms with van der Waals surface area (Å²) in [4.78, 5) is 19.3. The number of fused-ring (bicyclic) bond motifs is 1. The van der Waals surface area contributed by atoms with Crippen molar-refractivity contribution in [1.82, 2.24) is 9.38 Å². The molecule has 24 heavy (non-hydrogen) atoms. The van der Waals surface area contributed by atoms with Gasteiger partial charge in [0.05, 0.1) is 12.2 Å². The number of aromatic nitrogens is 2. The molecule has 0 amide bonds. The third-order valence-electron chi connectivity index (χ3n) is 4.25. The monoisotopic (exact) mass is 321 g/mol. The summed E-state index contributed by atoms with van der Waals surface area (Å²) >= 11 is 0. The first-order valence-corrected chi connectivity index (χ1v) is 8.29. The van der Waals surface area contributed by atoms with Crippen LogP contribution in [0.2, 0.25) is 0 Å². The van der Waals surface area contributed by atoms with Gasteiger partial charge in [-0.3, -0.25) is 9.20 Å². The van der Waals surface area contributed by atoms with Crippen molar-refractivity contribution >= 4 is 11.3 Å². The molecule has 0 atom stereocenters.